The fraction of sp³-hybridized carbons (Fsp3) is 0.316. The van der Waals surface area contributed by atoms with E-state index in [0.717, 1.165) is 16.1 Å². The number of amides is 1. The molecule has 26 heavy (non-hydrogen) atoms. The fourth-order valence-corrected chi connectivity index (χ4v) is 3.34. The van der Waals surface area contributed by atoms with Gasteiger partial charge in [0.2, 0.25) is 0 Å². The number of halogens is 1. The molecule has 2 aromatic heterocycles. The molecule has 1 N–H and O–H groups in total. The third kappa shape index (κ3) is 4.16. The minimum atomic E-state index is -0.258. The molecule has 0 fully saturated rings. The molecule has 0 radical (unpaired) electrons. The van der Waals surface area contributed by atoms with Gasteiger partial charge in [0.15, 0.2) is 5.13 Å². The van der Waals surface area contributed by atoms with Gasteiger partial charge in [0, 0.05) is 30.0 Å². The van der Waals surface area contributed by atoms with Gasteiger partial charge in [-0.2, -0.15) is 5.10 Å². The van der Waals surface area contributed by atoms with E-state index in [0.29, 0.717) is 17.2 Å². The summed E-state index contributed by atoms with van der Waals surface area (Å²) < 4.78 is 14.9. The van der Waals surface area contributed by atoms with Crippen molar-refractivity contribution in [3.63, 3.8) is 0 Å². The van der Waals surface area contributed by atoms with Crippen LogP contribution in [0.1, 0.15) is 47.4 Å². The van der Waals surface area contributed by atoms with Gasteiger partial charge in [-0.1, -0.05) is 32.9 Å². The molecule has 1 amide bonds. The smallest absolute Gasteiger partial charge is 0.275 e. The molecule has 136 valence electrons. The van der Waals surface area contributed by atoms with Crippen LogP contribution >= 0.6 is 11.3 Å². The highest BCUT2D eigenvalue weighted by Gasteiger charge is 2.22. The zero-order chi connectivity index (χ0) is 18.9. The summed E-state index contributed by atoms with van der Waals surface area (Å²) >= 11 is 1.38. The predicted molar refractivity (Wildman–Crippen MR) is 101 cm³/mol. The number of hydrogen-bond donors (Lipinski definition) is 1. The quantitative estimate of drug-likeness (QED) is 0.748. The summed E-state index contributed by atoms with van der Waals surface area (Å²) in [5.74, 6) is -0.506. The van der Waals surface area contributed by atoms with Crippen LogP contribution in [0.5, 0.6) is 0 Å². The van der Waals surface area contributed by atoms with Gasteiger partial charge in [0.05, 0.1) is 5.69 Å². The summed E-state index contributed by atoms with van der Waals surface area (Å²) in [6.07, 6.45) is 2.28. The standard InChI is InChI=1S/C19H21FN4OS/c1-19(2,3)16-10-15(24(4)23-16)17(25)22-18-21-11-14(26-18)9-12-6-5-7-13(20)8-12/h5-8,10-11H,9H2,1-4H3,(H,21,22,25). The van der Waals surface area contributed by atoms with Crippen LogP contribution in [-0.2, 0) is 18.9 Å². The Balaban J connectivity index is 1.71. The van der Waals surface area contributed by atoms with Crippen LogP contribution in [0, 0.1) is 5.82 Å². The molecule has 0 spiro atoms. The number of anilines is 1. The third-order valence-corrected chi connectivity index (χ3v) is 4.84. The first-order chi connectivity index (χ1) is 12.2. The first-order valence-corrected chi connectivity index (χ1v) is 9.09. The fourth-order valence-electron chi connectivity index (χ4n) is 2.50. The number of hydrogen-bond acceptors (Lipinski definition) is 4. The molecule has 0 aliphatic heterocycles. The average molecular weight is 372 g/mol. The molecular weight excluding hydrogens is 351 g/mol. The summed E-state index contributed by atoms with van der Waals surface area (Å²) in [5, 5.41) is 7.75. The Labute approximate surface area is 155 Å². The number of benzene rings is 1. The SMILES string of the molecule is Cn1nc(C(C)(C)C)cc1C(=O)Nc1ncc(Cc2cccc(F)c2)s1. The van der Waals surface area contributed by atoms with Gasteiger partial charge in [-0.05, 0) is 23.8 Å². The Hall–Kier alpha value is -2.54. The van der Waals surface area contributed by atoms with Crippen LogP contribution in [0.3, 0.4) is 0 Å². The number of aryl methyl sites for hydroxylation is 1. The first kappa shape index (κ1) is 18.3. The lowest BCUT2D eigenvalue weighted by molar-refractivity contribution is 0.101. The Bertz CT molecular complexity index is 939. The Morgan fingerprint density at radius 1 is 1.31 bits per heavy atom. The summed E-state index contributed by atoms with van der Waals surface area (Å²) in [5.41, 5.74) is 2.08. The van der Waals surface area contributed by atoms with E-state index in [-0.39, 0.29) is 17.1 Å². The van der Waals surface area contributed by atoms with E-state index in [9.17, 15) is 9.18 Å². The van der Waals surface area contributed by atoms with Gasteiger partial charge in [0.1, 0.15) is 11.5 Å². The molecule has 3 aromatic rings. The largest absolute Gasteiger partial charge is 0.296 e. The first-order valence-electron chi connectivity index (χ1n) is 8.27. The number of thiazole rings is 1. The summed E-state index contributed by atoms with van der Waals surface area (Å²) in [7, 11) is 1.75. The second-order valence-electron chi connectivity index (χ2n) is 7.18. The van der Waals surface area contributed by atoms with Gasteiger partial charge in [-0.15, -0.1) is 11.3 Å². The maximum Gasteiger partial charge on any atom is 0.275 e. The van der Waals surface area contributed by atoms with Crippen LogP contribution < -0.4 is 5.32 Å². The van der Waals surface area contributed by atoms with E-state index in [1.54, 1.807) is 30.1 Å². The maximum absolute atomic E-state index is 13.3. The second kappa shape index (κ2) is 6.99. The molecule has 0 unspecified atom stereocenters. The molecule has 0 aliphatic carbocycles. The normalized spacial score (nSPS) is 11.6. The van der Waals surface area contributed by atoms with Crippen molar-refractivity contribution in [1.82, 2.24) is 14.8 Å². The number of rotatable bonds is 4. The van der Waals surface area contributed by atoms with E-state index < -0.39 is 0 Å². The van der Waals surface area contributed by atoms with Crippen molar-refractivity contribution >= 4 is 22.4 Å². The number of nitrogens with zero attached hydrogens (tertiary/aromatic N) is 3. The minimum absolute atomic E-state index is 0.129. The van der Waals surface area contributed by atoms with Crippen LogP contribution in [0.15, 0.2) is 36.5 Å². The maximum atomic E-state index is 13.3. The highest BCUT2D eigenvalue weighted by atomic mass is 32.1. The monoisotopic (exact) mass is 372 g/mol. The van der Waals surface area contributed by atoms with Gasteiger partial charge >= 0.3 is 0 Å². The molecule has 2 heterocycles. The van der Waals surface area contributed by atoms with E-state index in [2.05, 4.69) is 36.2 Å². The highest BCUT2D eigenvalue weighted by molar-refractivity contribution is 7.15. The molecule has 3 rings (SSSR count). The molecule has 5 nitrogen and oxygen atoms in total. The van der Waals surface area contributed by atoms with Gasteiger partial charge in [-0.3, -0.25) is 14.8 Å². The van der Waals surface area contributed by atoms with Gasteiger partial charge in [-0.25, -0.2) is 9.37 Å². The zero-order valence-electron chi connectivity index (χ0n) is 15.2. The van der Waals surface area contributed by atoms with Crippen molar-refractivity contribution in [3.05, 3.63) is 64.2 Å². The van der Waals surface area contributed by atoms with E-state index in [1.807, 2.05) is 6.07 Å². The molecule has 0 saturated heterocycles. The molecule has 1 aromatic carbocycles. The van der Waals surface area contributed by atoms with Crippen molar-refractivity contribution < 1.29 is 9.18 Å². The van der Waals surface area contributed by atoms with Crippen molar-refractivity contribution in [2.75, 3.05) is 5.32 Å². The van der Waals surface area contributed by atoms with E-state index in [4.69, 9.17) is 0 Å². The van der Waals surface area contributed by atoms with Gasteiger partial charge < -0.3 is 0 Å². The third-order valence-electron chi connectivity index (χ3n) is 3.92. The summed E-state index contributed by atoms with van der Waals surface area (Å²) in [6.45, 7) is 6.16. The Morgan fingerprint density at radius 3 is 2.73 bits per heavy atom. The van der Waals surface area contributed by atoms with Crippen molar-refractivity contribution in [3.8, 4) is 0 Å². The topological polar surface area (TPSA) is 59.8 Å². The lowest BCUT2D eigenvalue weighted by Gasteiger charge is -2.13. The van der Waals surface area contributed by atoms with Crippen LogP contribution in [0.4, 0.5) is 9.52 Å². The molecule has 0 aliphatic rings. The zero-order valence-corrected chi connectivity index (χ0v) is 16.0. The molecule has 0 bridgehead atoms. The number of carbonyl (C=O) groups excluding carboxylic acids is 1. The van der Waals surface area contributed by atoms with Crippen molar-refractivity contribution in [2.24, 2.45) is 7.05 Å². The molecular formula is C19H21FN4OS. The predicted octanol–water partition coefficient (Wildman–Crippen LogP) is 4.16. The minimum Gasteiger partial charge on any atom is -0.296 e. The van der Waals surface area contributed by atoms with Crippen LogP contribution in [0.2, 0.25) is 0 Å². The van der Waals surface area contributed by atoms with E-state index >= 15 is 0 Å². The summed E-state index contributed by atoms with van der Waals surface area (Å²) in [6, 6.07) is 8.27. The molecule has 0 saturated carbocycles. The lowest BCUT2D eigenvalue weighted by atomic mass is 9.92. The van der Waals surface area contributed by atoms with Gasteiger partial charge in [0.25, 0.3) is 5.91 Å². The summed E-state index contributed by atoms with van der Waals surface area (Å²) in [4.78, 5) is 17.7. The Kier molecular flexibility index (Phi) is 4.91. The number of nitrogens with one attached hydrogen (secondary N) is 1. The van der Waals surface area contributed by atoms with Crippen molar-refractivity contribution in [1.29, 1.82) is 0 Å². The molecule has 0 atom stereocenters. The molecule has 7 heteroatoms. The highest BCUT2D eigenvalue weighted by Crippen LogP contribution is 2.24. The van der Waals surface area contributed by atoms with Crippen LogP contribution in [-0.4, -0.2) is 20.7 Å². The number of aromatic nitrogens is 3. The Morgan fingerprint density at radius 2 is 2.08 bits per heavy atom. The average Bonchev–Trinajstić information content (AvgIpc) is 3.13. The second-order valence-corrected chi connectivity index (χ2v) is 8.30. The van der Waals surface area contributed by atoms with E-state index in [1.165, 1.54) is 23.5 Å². The van der Waals surface area contributed by atoms with Crippen LogP contribution in [0.25, 0.3) is 0 Å². The van der Waals surface area contributed by atoms with Crippen molar-refractivity contribution in [2.45, 2.75) is 32.6 Å². The number of carbonyl (C=O) groups is 1. The lowest BCUT2D eigenvalue weighted by Crippen LogP contribution is -2.15.